The first kappa shape index (κ1) is 21.1. The summed E-state index contributed by atoms with van der Waals surface area (Å²) in [4.78, 5) is 24.5. The summed E-state index contributed by atoms with van der Waals surface area (Å²) in [6.45, 7) is 2.45. The second-order valence-corrected chi connectivity index (χ2v) is 8.36. The number of methoxy groups -OCH3 is 2. The number of likely N-dealkylation sites (N-methyl/N-ethyl adjacent to an activating group) is 1. The van der Waals surface area contributed by atoms with Crippen LogP contribution in [0.3, 0.4) is 0 Å². The molecule has 2 heterocycles. The van der Waals surface area contributed by atoms with Gasteiger partial charge in [0, 0.05) is 23.1 Å². The van der Waals surface area contributed by atoms with Crippen LogP contribution in [-0.4, -0.2) is 41.7 Å². The Labute approximate surface area is 189 Å². The van der Waals surface area contributed by atoms with E-state index in [-0.39, 0.29) is 5.91 Å². The molecule has 1 aliphatic rings. The van der Waals surface area contributed by atoms with E-state index in [9.17, 15) is 4.79 Å². The Morgan fingerprint density at radius 2 is 1.90 bits per heavy atom. The van der Waals surface area contributed by atoms with Crippen LogP contribution in [0.2, 0.25) is 0 Å². The predicted molar refractivity (Wildman–Crippen MR) is 127 cm³/mol. The summed E-state index contributed by atoms with van der Waals surface area (Å²) < 4.78 is 10.9. The molecule has 0 N–H and O–H groups in total. The molecule has 3 aromatic rings. The van der Waals surface area contributed by atoms with E-state index < -0.39 is 0 Å². The lowest BCUT2D eigenvalue weighted by Crippen LogP contribution is -2.28. The molecule has 1 amide bonds. The lowest BCUT2D eigenvalue weighted by atomic mass is 10.1. The molecule has 1 aliphatic heterocycles. The summed E-state index contributed by atoms with van der Waals surface area (Å²) in [7, 11) is 3.17. The van der Waals surface area contributed by atoms with Crippen LogP contribution in [0, 0.1) is 0 Å². The van der Waals surface area contributed by atoms with Gasteiger partial charge >= 0.3 is 0 Å². The number of amidine groups is 1. The van der Waals surface area contributed by atoms with E-state index in [1.807, 2.05) is 66.9 Å². The number of para-hydroxylation sites is 1. The minimum atomic E-state index is -0.0871. The number of amides is 1. The van der Waals surface area contributed by atoms with E-state index in [1.165, 1.54) is 23.1 Å². The molecule has 2 aromatic carbocycles. The number of thioether (sulfide) groups is 1. The number of thiazole rings is 1. The number of hydrogen-bond donors (Lipinski definition) is 0. The monoisotopic (exact) mass is 451 g/mol. The van der Waals surface area contributed by atoms with Crippen LogP contribution in [0.15, 0.2) is 63.8 Å². The van der Waals surface area contributed by atoms with Crippen molar-refractivity contribution in [3.8, 4) is 22.8 Å². The Balaban J connectivity index is 1.65. The van der Waals surface area contributed by atoms with Gasteiger partial charge < -0.3 is 9.47 Å². The third-order valence-corrected chi connectivity index (χ3v) is 6.42. The molecule has 1 saturated heterocycles. The summed E-state index contributed by atoms with van der Waals surface area (Å²) in [5.41, 5.74) is 2.69. The fourth-order valence-corrected chi connectivity index (χ4v) is 4.96. The van der Waals surface area contributed by atoms with E-state index in [0.29, 0.717) is 33.2 Å². The SMILES string of the molecule is CCN1C(=O)/C(=C/c2cccc(OC)c2OC)S/C1=N/c1nc(-c2ccccc2)cs1. The zero-order valence-electron chi connectivity index (χ0n) is 17.4. The van der Waals surface area contributed by atoms with Gasteiger partial charge in [-0.2, -0.15) is 4.99 Å². The van der Waals surface area contributed by atoms with Gasteiger partial charge in [-0.25, -0.2) is 4.98 Å². The molecular weight excluding hydrogens is 430 g/mol. The molecule has 0 aliphatic carbocycles. The normalized spacial score (nSPS) is 16.4. The van der Waals surface area contributed by atoms with Crippen LogP contribution >= 0.6 is 23.1 Å². The van der Waals surface area contributed by atoms with Gasteiger partial charge in [0.05, 0.1) is 24.8 Å². The standard InChI is InChI=1S/C23H21N3O3S2/c1-4-26-21(27)19(13-16-11-8-12-18(28-2)20(16)29-3)31-23(26)25-22-24-17(14-30-22)15-9-6-5-7-10-15/h5-14H,4H2,1-3H3/b19-13-,25-23+. The van der Waals surface area contributed by atoms with Gasteiger partial charge in [0.15, 0.2) is 16.7 Å². The van der Waals surface area contributed by atoms with Gasteiger partial charge in [0.25, 0.3) is 5.91 Å². The van der Waals surface area contributed by atoms with Crippen LogP contribution in [0.25, 0.3) is 17.3 Å². The minimum Gasteiger partial charge on any atom is -0.493 e. The molecule has 0 unspecified atom stereocenters. The highest BCUT2D eigenvalue weighted by Gasteiger charge is 2.33. The summed E-state index contributed by atoms with van der Waals surface area (Å²) in [6.07, 6.45) is 1.82. The Morgan fingerprint density at radius 1 is 1.10 bits per heavy atom. The maximum absolute atomic E-state index is 13.0. The van der Waals surface area contributed by atoms with Crippen molar-refractivity contribution >= 4 is 45.4 Å². The highest BCUT2D eigenvalue weighted by Crippen LogP contribution is 2.38. The molecule has 0 bridgehead atoms. The highest BCUT2D eigenvalue weighted by atomic mass is 32.2. The number of carbonyl (C=O) groups excluding carboxylic acids is 1. The van der Waals surface area contributed by atoms with E-state index in [4.69, 9.17) is 9.47 Å². The molecule has 0 atom stereocenters. The number of nitrogens with zero attached hydrogens (tertiary/aromatic N) is 3. The van der Waals surface area contributed by atoms with Crippen LogP contribution in [0.4, 0.5) is 5.13 Å². The second kappa shape index (κ2) is 9.36. The number of aromatic nitrogens is 1. The van der Waals surface area contributed by atoms with Crippen molar-refractivity contribution in [2.75, 3.05) is 20.8 Å². The number of hydrogen-bond acceptors (Lipinski definition) is 7. The Kier molecular flexibility index (Phi) is 6.39. The Hall–Kier alpha value is -3.10. The van der Waals surface area contributed by atoms with Gasteiger partial charge in [-0.05, 0) is 30.8 Å². The van der Waals surface area contributed by atoms with Gasteiger partial charge in [-0.3, -0.25) is 9.69 Å². The summed E-state index contributed by atoms with van der Waals surface area (Å²) in [5, 5.41) is 3.21. The number of benzene rings is 2. The first-order valence-corrected chi connectivity index (χ1v) is 11.4. The first-order chi connectivity index (χ1) is 15.1. The smallest absolute Gasteiger partial charge is 0.266 e. The van der Waals surface area contributed by atoms with Crippen molar-refractivity contribution in [3.05, 3.63) is 64.4 Å². The van der Waals surface area contributed by atoms with Crippen molar-refractivity contribution < 1.29 is 14.3 Å². The average Bonchev–Trinajstić information content (AvgIpc) is 3.38. The summed E-state index contributed by atoms with van der Waals surface area (Å²) in [5.74, 6) is 1.12. The largest absolute Gasteiger partial charge is 0.493 e. The van der Waals surface area contributed by atoms with Crippen molar-refractivity contribution in [3.63, 3.8) is 0 Å². The molecule has 31 heavy (non-hydrogen) atoms. The van der Waals surface area contributed by atoms with E-state index in [1.54, 1.807) is 19.1 Å². The molecule has 0 saturated carbocycles. The van der Waals surface area contributed by atoms with E-state index in [2.05, 4.69) is 9.98 Å². The first-order valence-electron chi connectivity index (χ1n) is 9.66. The molecule has 4 rings (SSSR count). The Morgan fingerprint density at radius 3 is 2.61 bits per heavy atom. The van der Waals surface area contributed by atoms with E-state index >= 15 is 0 Å². The van der Waals surface area contributed by atoms with Gasteiger partial charge in [0.1, 0.15) is 0 Å². The third-order valence-electron chi connectivity index (χ3n) is 4.68. The molecule has 158 valence electrons. The second-order valence-electron chi connectivity index (χ2n) is 6.52. The highest BCUT2D eigenvalue weighted by molar-refractivity contribution is 8.18. The van der Waals surface area contributed by atoms with Crippen molar-refractivity contribution in [2.45, 2.75) is 6.92 Å². The quantitative estimate of drug-likeness (QED) is 0.466. The molecule has 6 nitrogen and oxygen atoms in total. The van der Waals surface area contributed by atoms with Crippen LogP contribution in [-0.2, 0) is 4.79 Å². The maximum Gasteiger partial charge on any atom is 0.266 e. The van der Waals surface area contributed by atoms with Crippen molar-refractivity contribution in [2.24, 2.45) is 4.99 Å². The topological polar surface area (TPSA) is 64.0 Å². The lowest BCUT2D eigenvalue weighted by Gasteiger charge is -2.11. The van der Waals surface area contributed by atoms with Crippen molar-refractivity contribution in [1.29, 1.82) is 0 Å². The zero-order valence-corrected chi connectivity index (χ0v) is 19.0. The van der Waals surface area contributed by atoms with Crippen LogP contribution in [0.5, 0.6) is 11.5 Å². The van der Waals surface area contributed by atoms with Gasteiger partial charge in [-0.15, -0.1) is 11.3 Å². The number of rotatable bonds is 6. The fraction of sp³-hybridized carbons (Fsp3) is 0.174. The molecule has 0 radical (unpaired) electrons. The zero-order chi connectivity index (χ0) is 21.8. The van der Waals surface area contributed by atoms with Crippen LogP contribution in [0.1, 0.15) is 12.5 Å². The fourth-order valence-electron chi connectivity index (χ4n) is 3.18. The molecule has 1 fully saturated rings. The summed E-state index contributed by atoms with van der Waals surface area (Å²) >= 11 is 2.79. The minimum absolute atomic E-state index is 0.0871. The number of aliphatic imine (C=N–C) groups is 1. The van der Waals surface area contributed by atoms with Gasteiger partial charge in [-0.1, -0.05) is 42.5 Å². The van der Waals surface area contributed by atoms with Crippen LogP contribution < -0.4 is 9.47 Å². The predicted octanol–water partition coefficient (Wildman–Crippen LogP) is 5.45. The third kappa shape index (κ3) is 4.35. The number of carbonyl (C=O) groups is 1. The maximum atomic E-state index is 13.0. The van der Waals surface area contributed by atoms with Crippen molar-refractivity contribution in [1.82, 2.24) is 9.88 Å². The van der Waals surface area contributed by atoms with Gasteiger partial charge in [0.2, 0.25) is 5.13 Å². The number of ether oxygens (including phenoxy) is 2. The average molecular weight is 452 g/mol. The molecule has 0 spiro atoms. The summed E-state index contributed by atoms with van der Waals surface area (Å²) in [6, 6.07) is 15.5. The Bertz CT molecular complexity index is 1160. The molecule has 1 aromatic heterocycles. The van der Waals surface area contributed by atoms with E-state index in [0.717, 1.165) is 16.8 Å². The molecular formula is C23H21N3O3S2. The molecule has 8 heteroatoms. The lowest BCUT2D eigenvalue weighted by molar-refractivity contribution is -0.122.